The van der Waals surface area contributed by atoms with Crippen molar-refractivity contribution in [3.63, 3.8) is 0 Å². The second-order valence-electron chi connectivity index (χ2n) is 5.25. The molecule has 0 saturated carbocycles. The van der Waals surface area contributed by atoms with Gasteiger partial charge in [0.25, 0.3) is 5.91 Å². The summed E-state index contributed by atoms with van der Waals surface area (Å²) in [6, 6.07) is 6.71. The van der Waals surface area contributed by atoms with E-state index in [2.05, 4.69) is 10.9 Å². The van der Waals surface area contributed by atoms with Crippen LogP contribution in [0.3, 0.4) is 0 Å². The Hall–Kier alpha value is -1.22. The second-order valence-corrected chi connectivity index (χ2v) is 9.06. The Morgan fingerprint density at radius 1 is 0.962 bits per heavy atom. The van der Waals surface area contributed by atoms with E-state index in [1.165, 1.54) is 44.4 Å². The maximum atomic E-state index is 12.4. The minimum absolute atomic E-state index is 0.0386. The first kappa shape index (κ1) is 21.1. The van der Waals surface area contributed by atoms with Crippen molar-refractivity contribution in [3.05, 3.63) is 56.0 Å². The van der Waals surface area contributed by atoms with Crippen LogP contribution < -0.4 is 10.9 Å². The predicted octanol–water partition coefficient (Wildman–Crippen LogP) is 4.31. The summed E-state index contributed by atoms with van der Waals surface area (Å²) in [7, 11) is -0.948. The van der Waals surface area contributed by atoms with Crippen molar-refractivity contribution >= 4 is 68.0 Å². The van der Waals surface area contributed by atoms with Crippen molar-refractivity contribution in [2.75, 3.05) is 19.5 Å². The van der Waals surface area contributed by atoms with E-state index < -0.39 is 15.9 Å². The minimum atomic E-state index is -3.72. The standard InChI is InChI=1S/C15H13Cl4N3O3S/c1-22(2)26(24,25)9-3-4-11(17)10(7-9)15(23)21-20-14-12(18)5-8(16)6-13(14)19/h3-7,20H,1-2H3,(H,21,23). The van der Waals surface area contributed by atoms with Gasteiger partial charge in [0.1, 0.15) is 0 Å². The molecule has 0 atom stereocenters. The molecule has 2 aromatic rings. The molecule has 6 nitrogen and oxygen atoms in total. The molecule has 26 heavy (non-hydrogen) atoms. The van der Waals surface area contributed by atoms with Crippen LogP contribution in [0, 0.1) is 0 Å². The summed E-state index contributed by atoms with van der Waals surface area (Å²) in [5.74, 6) is -0.673. The molecule has 2 aromatic carbocycles. The molecule has 0 saturated heterocycles. The molecule has 0 radical (unpaired) electrons. The molecule has 0 heterocycles. The zero-order chi connectivity index (χ0) is 19.6. The Morgan fingerprint density at radius 2 is 1.54 bits per heavy atom. The fraction of sp³-hybridized carbons (Fsp3) is 0.133. The lowest BCUT2D eigenvalue weighted by Gasteiger charge is -2.15. The van der Waals surface area contributed by atoms with Gasteiger partial charge in [-0.05, 0) is 30.3 Å². The van der Waals surface area contributed by atoms with E-state index in [1.54, 1.807) is 0 Å². The predicted molar refractivity (Wildman–Crippen MR) is 105 cm³/mol. The highest BCUT2D eigenvalue weighted by Crippen LogP contribution is 2.33. The van der Waals surface area contributed by atoms with Gasteiger partial charge in [0, 0.05) is 19.1 Å². The number of hydrazine groups is 1. The molecule has 0 aliphatic carbocycles. The van der Waals surface area contributed by atoms with E-state index >= 15 is 0 Å². The van der Waals surface area contributed by atoms with Gasteiger partial charge < -0.3 is 0 Å². The van der Waals surface area contributed by atoms with Crippen molar-refractivity contribution in [1.82, 2.24) is 9.73 Å². The van der Waals surface area contributed by atoms with Gasteiger partial charge in [-0.2, -0.15) is 0 Å². The van der Waals surface area contributed by atoms with Crippen LogP contribution in [0.25, 0.3) is 0 Å². The van der Waals surface area contributed by atoms with Crippen LogP contribution in [-0.4, -0.2) is 32.7 Å². The first-order chi connectivity index (χ1) is 12.0. The Kier molecular flexibility index (Phi) is 6.65. The second kappa shape index (κ2) is 8.21. The number of rotatable bonds is 5. The van der Waals surface area contributed by atoms with Crippen molar-refractivity contribution in [2.45, 2.75) is 4.90 Å². The number of anilines is 1. The number of benzene rings is 2. The van der Waals surface area contributed by atoms with Gasteiger partial charge in [-0.3, -0.25) is 15.6 Å². The third kappa shape index (κ3) is 4.54. The highest BCUT2D eigenvalue weighted by Gasteiger charge is 2.21. The Labute approximate surface area is 171 Å². The Morgan fingerprint density at radius 3 is 2.08 bits per heavy atom. The largest absolute Gasteiger partial charge is 0.295 e. The third-order valence-electron chi connectivity index (χ3n) is 3.27. The van der Waals surface area contributed by atoms with E-state index in [-0.39, 0.29) is 31.2 Å². The lowest BCUT2D eigenvalue weighted by Crippen LogP contribution is -2.30. The number of halogens is 4. The molecule has 0 fully saturated rings. The number of carbonyl (C=O) groups excluding carboxylic acids is 1. The molecular weight excluding hydrogens is 444 g/mol. The molecule has 0 spiro atoms. The van der Waals surface area contributed by atoms with Gasteiger partial charge in [0.05, 0.1) is 31.2 Å². The highest BCUT2D eigenvalue weighted by atomic mass is 35.5. The maximum absolute atomic E-state index is 12.4. The fourth-order valence-electron chi connectivity index (χ4n) is 1.90. The zero-order valence-corrected chi connectivity index (χ0v) is 17.3. The average Bonchev–Trinajstić information content (AvgIpc) is 2.53. The fourth-order valence-corrected chi connectivity index (χ4v) is 3.94. The molecule has 0 unspecified atom stereocenters. The van der Waals surface area contributed by atoms with Gasteiger partial charge in [-0.1, -0.05) is 46.4 Å². The Bertz CT molecular complexity index is 942. The topological polar surface area (TPSA) is 78.5 Å². The van der Waals surface area contributed by atoms with E-state index in [0.29, 0.717) is 5.02 Å². The summed E-state index contributed by atoms with van der Waals surface area (Å²) in [6.07, 6.45) is 0. The van der Waals surface area contributed by atoms with Gasteiger partial charge >= 0.3 is 0 Å². The number of sulfonamides is 1. The highest BCUT2D eigenvalue weighted by molar-refractivity contribution is 7.89. The quantitative estimate of drug-likeness (QED) is 0.657. The smallest absolute Gasteiger partial charge is 0.271 e. The lowest BCUT2D eigenvalue weighted by molar-refractivity contribution is 0.0962. The molecule has 0 aliphatic rings. The van der Waals surface area contributed by atoms with Gasteiger partial charge in [0.15, 0.2) is 0 Å². The number of hydrogen-bond donors (Lipinski definition) is 2. The van der Waals surface area contributed by atoms with Crippen LogP contribution in [0.1, 0.15) is 10.4 Å². The molecule has 2 rings (SSSR count). The first-order valence-corrected chi connectivity index (χ1v) is 9.92. The lowest BCUT2D eigenvalue weighted by atomic mass is 10.2. The SMILES string of the molecule is CN(C)S(=O)(=O)c1ccc(Cl)c(C(=O)NNc2c(Cl)cc(Cl)cc2Cl)c1. The number of hydrogen-bond acceptors (Lipinski definition) is 4. The van der Waals surface area contributed by atoms with Crippen molar-refractivity contribution < 1.29 is 13.2 Å². The number of nitrogens with zero attached hydrogens (tertiary/aromatic N) is 1. The summed E-state index contributed by atoms with van der Waals surface area (Å²) < 4.78 is 25.4. The van der Waals surface area contributed by atoms with E-state index in [0.717, 1.165) is 4.31 Å². The molecule has 2 N–H and O–H groups in total. The molecule has 0 aliphatic heterocycles. The zero-order valence-electron chi connectivity index (χ0n) is 13.5. The monoisotopic (exact) mass is 455 g/mol. The number of amides is 1. The normalized spacial score (nSPS) is 11.5. The van der Waals surface area contributed by atoms with Crippen molar-refractivity contribution in [3.8, 4) is 0 Å². The average molecular weight is 457 g/mol. The number of nitrogens with one attached hydrogen (secondary N) is 2. The van der Waals surface area contributed by atoms with E-state index in [9.17, 15) is 13.2 Å². The summed E-state index contributed by atoms with van der Waals surface area (Å²) in [5, 5.41) is 0.799. The van der Waals surface area contributed by atoms with E-state index in [4.69, 9.17) is 46.4 Å². The molecule has 0 bridgehead atoms. The van der Waals surface area contributed by atoms with Crippen LogP contribution in [-0.2, 0) is 10.0 Å². The van der Waals surface area contributed by atoms with Crippen LogP contribution in [0.15, 0.2) is 35.2 Å². The van der Waals surface area contributed by atoms with Crippen molar-refractivity contribution in [1.29, 1.82) is 0 Å². The molecule has 11 heteroatoms. The van der Waals surface area contributed by atoms with Gasteiger partial charge in [-0.15, -0.1) is 0 Å². The van der Waals surface area contributed by atoms with Crippen LogP contribution in [0.4, 0.5) is 5.69 Å². The van der Waals surface area contributed by atoms with Crippen molar-refractivity contribution in [2.24, 2.45) is 0 Å². The molecule has 140 valence electrons. The van der Waals surface area contributed by atoms with Gasteiger partial charge in [0.2, 0.25) is 10.0 Å². The maximum Gasteiger partial charge on any atom is 0.271 e. The Balaban J connectivity index is 2.28. The first-order valence-electron chi connectivity index (χ1n) is 6.97. The van der Waals surface area contributed by atoms with E-state index in [1.807, 2.05) is 0 Å². The summed E-state index contributed by atoms with van der Waals surface area (Å²) in [4.78, 5) is 12.3. The van der Waals surface area contributed by atoms with Crippen LogP contribution in [0.2, 0.25) is 20.1 Å². The molecule has 1 amide bonds. The minimum Gasteiger partial charge on any atom is -0.295 e. The number of carbonyl (C=O) groups is 1. The van der Waals surface area contributed by atoms with Gasteiger partial charge in [-0.25, -0.2) is 12.7 Å². The third-order valence-corrected chi connectivity index (χ3v) is 6.22. The summed E-state index contributed by atoms with van der Waals surface area (Å²) in [5.41, 5.74) is 5.14. The van der Waals surface area contributed by atoms with Crippen LogP contribution >= 0.6 is 46.4 Å². The summed E-state index contributed by atoms with van der Waals surface area (Å²) >= 11 is 23.9. The molecule has 0 aromatic heterocycles. The molecular formula is C15H13Cl4N3O3S. The van der Waals surface area contributed by atoms with Crippen LogP contribution in [0.5, 0.6) is 0 Å². The summed E-state index contributed by atoms with van der Waals surface area (Å²) in [6.45, 7) is 0.